The van der Waals surface area contributed by atoms with Crippen molar-refractivity contribution in [1.29, 1.82) is 10.5 Å². The van der Waals surface area contributed by atoms with Crippen molar-refractivity contribution in [3.8, 4) is 29.0 Å². The highest BCUT2D eigenvalue weighted by atomic mass is 16.5. The van der Waals surface area contributed by atoms with Crippen LogP contribution in [0.2, 0.25) is 0 Å². The van der Waals surface area contributed by atoms with E-state index < -0.39 is 17.9 Å². The predicted molar refractivity (Wildman–Crippen MR) is 232 cm³/mol. The number of nitriles is 2. The van der Waals surface area contributed by atoms with Crippen LogP contribution in [0.1, 0.15) is 87.8 Å². The van der Waals surface area contributed by atoms with Gasteiger partial charge in [0, 0.05) is 67.6 Å². The molecule has 1 aromatic heterocycles. The molecule has 2 saturated heterocycles. The molecule has 0 radical (unpaired) electrons. The van der Waals surface area contributed by atoms with Crippen LogP contribution in [0.25, 0.3) is 11.1 Å². The molecule has 7 rings (SSSR count). The lowest BCUT2D eigenvalue weighted by Crippen LogP contribution is -2.51. The summed E-state index contributed by atoms with van der Waals surface area (Å²) in [4.78, 5) is 47.5. The smallest absolute Gasteiger partial charge is 0.262 e. The number of rotatable bonds is 16. The number of carbonyl (C=O) groups excluding carboxylic acids is 3. The molecule has 3 aliphatic rings. The predicted octanol–water partition coefficient (Wildman–Crippen LogP) is 6.65. The third kappa shape index (κ3) is 9.01. The first-order valence-electron chi connectivity index (χ1n) is 21.1. The van der Waals surface area contributed by atoms with E-state index in [-0.39, 0.29) is 5.91 Å². The van der Waals surface area contributed by atoms with Crippen LogP contribution >= 0.6 is 0 Å². The fourth-order valence-electron chi connectivity index (χ4n) is 8.74. The van der Waals surface area contributed by atoms with Gasteiger partial charge in [0.15, 0.2) is 0 Å². The fourth-order valence-corrected chi connectivity index (χ4v) is 8.74. The Balaban J connectivity index is 0.801. The van der Waals surface area contributed by atoms with E-state index in [9.17, 15) is 24.9 Å². The third-order valence-corrected chi connectivity index (χ3v) is 12.3. The molecule has 3 aromatic carbocycles. The number of nitrogens with one attached hydrogen (secondary N) is 1. The molecule has 4 heterocycles. The zero-order chi connectivity index (χ0) is 42.3. The average Bonchev–Trinajstić information content (AvgIpc) is 3.66. The number of aromatic nitrogens is 1. The topological polar surface area (TPSA) is 138 Å². The number of benzene rings is 3. The van der Waals surface area contributed by atoms with Gasteiger partial charge in [-0.05, 0) is 119 Å². The molecule has 0 aliphatic carbocycles. The SMILES string of the molecule is C=C1CCC(N2C(=O)c3ccc(N4CCN(CCCCN(CC)CCCOc5ccc(Cn6c(C)c(C#N)c(-c7ccc(C#N)cc7)c6C)cc5)CC4)cc3C2=O)C(=O)N1. The van der Waals surface area contributed by atoms with Gasteiger partial charge < -0.3 is 24.4 Å². The minimum atomic E-state index is -0.805. The molecule has 0 saturated carbocycles. The molecule has 1 N–H and O–H groups in total. The third-order valence-electron chi connectivity index (χ3n) is 12.3. The number of imide groups is 1. The molecule has 12 heteroatoms. The van der Waals surface area contributed by atoms with Crippen LogP contribution in [-0.4, -0.2) is 102 Å². The van der Waals surface area contributed by atoms with Crippen LogP contribution < -0.4 is 15.0 Å². The lowest BCUT2D eigenvalue weighted by molar-refractivity contribution is -0.125. The molecule has 1 unspecified atom stereocenters. The number of nitrogens with zero attached hydrogens (tertiary/aromatic N) is 7. The summed E-state index contributed by atoms with van der Waals surface area (Å²) in [7, 11) is 0. The lowest BCUT2D eigenvalue weighted by Gasteiger charge is -2.36. The zero-order valence-electron chi connectivity index (χ0n) is 35.0. The largest absolute Gasteiger partial charge is 0.494 e. The molecule has 0 bridgehead atoms. The summed E-state index contributed by atoms with van der Waals surface area (Å²) in [5.74, 6) is -0.301. The maximum Gasteiger partial charge on any atom is 0.262 e. The average molecular weight is 807 g/mol. The number of anilines is 1. The molecule has 2 fully saturated rings. The first-order valence-corrected chi connectivity index (χ1v) is 21.1. The van der Waals surface area contributed by atoms with E-state index in [2.05, 4.69) is 62.4 Å². The second kappa shape index (κ2) is 18.8. The normalized spacial score (nSPS) is 16.9. The van der Waals surface area contributed by atoms with Gasteiger partial charge in [-0.1, -0.05) is 37.8 Å². The highest BCUT2D eigenvalue weighted by Gasteiger charge is 2.44. The standard InChI is InChI=1S/C48H54N8O4/c1-5-52(23-8-28-60-40-17-12-37(13-18-40)32-55-34(3)43(31-50)45(35(55)4)38-14-10-36(30-49)11-15-38)21-6-7-22-53-24-26-54(27-25-53)39-16-19-41-42(29-39)48(59)56(47(41)58)44-20-9-33(2)51-46(44)57/h10-19,29,44H,2,5-9,20-28,32H2,1,3-4H3,(H,51,57). The first-order chi connectivity index (χ1) is 29.1. The van der Waals surface area contributed by atoms with Crippen molar-refractivity contribution in [2.45, 2.75) is 65.5 Å². The second-order valence-electron chi connectivity index (χ2n) is 16.0. The summed E-state index contributed by atoms with van der Waals surface area (Å²) >= 11 is 0. The number of unbranched alkanes of at least 4 members (excludes halogenated alkanes) is 1. The Kier molecular flexibility index (Phi) is 13.1. The summed E-state index contributed by atoms with van der Waals surface area (Å²) in [5, 5.41) is 21.9. The number of piperazine rings is 1. The van der Waals surface area contributed by atoms with Crippen molar-refractivity contribution < 1.29 is 19.1 Å². The number of ether oxygens (including phenoxy) is 1. The van der Waals surface area contributed by atoms with E-state index in [4.69, 9.17) is 4.74 Å². The minimum absolute atomic E-state index is 0.352. The number of fused-ring (bicyclic) bond motifs is 1. The van der Waals surface area contributed by atoms with Crippen LogP contribution in [0.15, 0.2) is 79.0 Å². The monoisotopic (exact) mass is 806 g/mol. The van der Waals surface area contributed by atoms with Gasteiger partial charge in [0.05, 0.1) is 34.9 Å². The highest BCUT2D eigenvalue weighted by Crippen LogP contribution is 2.34. The first kappa shape index (κ1) is 41.9. The summed E-state index contributed by atoms with van der Waals surface area (Å²) in [6, 6.07) is 24.8. The van der Waals surface area contributed by atoms with E-state index in [0.29, 0.717) is 53.9 Å². The van der Waals surface area contributed by atoms with Gasteiger partial charge in [-0.2, -0.15) is 10.5 Å². The summed E-state index contributed by atoms with van der Waals surface area (Å²) < 4.78 is 8.31. The highest BCUT2D eigenvalue weighted by molar-refractivity contribution is 6.23. The molecule has 60 heavy (non-hydrogen) atoms. The number of carbonyl (C=O) groups is 3. The molecule has 1 atom stereocenters. The Labute approximate surface area is 353 Å². The van der Waals surface area contributed by atoms with E-state index in [0.717, 1.165) is 116 Å². The van der Waals surface area contributed by atoms with Gasteiger partial charge in [0.25, 0.3) is 11.8 Å². The molecule has 4 aromatic rings. The summed E-state index contributed by atoms with van der Waals surface area (Å²) in [5.41, 5.74) is 8.47. The summed E-state index contributed by atoms with van der Waals surface area (Å²) in [6.07, 6.45) is 4.14. The van der Waals surface area contributed by atoms with Crippen molar-refractivity contribution in [3.63, 3.8) is 0 Å². The van der Waals surface area contributed by atoms with Gasteiger partial charge in [-0.25, -0.2) is 0 Å². The number of hydrogen-bond donors (Lipinski definition) is 1. The van der Waals surface area contributed by atoms with Crippen LogP contribution in [0, 0.1) is 36.5 Å². The van der Waals surface area contributed by atoms with Gasteiger partial charge in [-0.15, -0.1) is 0 Å². The van der Waals surface area contributed by atoms with Crippen molar-refractivity contribution in [1.82, 2.24) is 24.6 Å². The van der Waals surface area contributed by atoms with Gasteiger partial charge >= 0.3 is 0 Å². The molecule has 12 nitrogen and oxygen atoms in total. The van der Waals surface area contributed by atoms with Crippen molar-refractivity contribution in [2.75, 3.05) is 63.9 Å². The fraction of sp³-hybridized carbons (Fsp3) is 0.396. The van der Waals surface area contributed by atoms with Crippen molar-refractivity contribution >= 4 is 23.4 Å². The molecule has 3 aliphatic heterocycles. The lowest BCUT2D eigenvalue weighted by atomic mass is 10.0. The Morgan fingerprint density at radius 2 is 1.57 bits per heavy atom. The quantitative estimate of drug-likeness (QED) is 0.0976. The molecule has 3 amide bonds. The van der Waals surface area contributed by atoms with Crippen LogP contribution in [0.3, 0.4) is 0 Å². The van der Waals surface area contributed by atoms with E-state index in [1.807, 2.05) is 50.2 Å². The number of allylic oxidation sites excluding steroid dienone is 1. The molecule has 0 spiro atoms. The Morgan fingerprint density at radius 1 is 0.850 bits per heavy atom. The van der Waals surface area contributed by atoms with E-state index >= 15 is 0 Å². The number of hydrogen-bond acceptors (Lipinski definition) is 9. The van der Waals surface area contributed by atoms with Gasteiger partial charge in [0.1, 0.15) is 17.9 Å². The number of amides is 3. The molecule has 310 valence electrons. The Morgan fingerprint density at radius 3 is 2.25 bits per heavy atom. The Bertz CT molecular complexity index is 2330. The molecular formula is C48H54N8O4. The van der Waals surface area contributed by atoms with Crippen LogP contribution in [0.5, 0.6) is 5.75 Å². The van der Waals surface area contributed by atoms with Crippen molar-refractivity contribution in [2.24, 2.45) is 0 Å². The minimum Gasteiger partial charge on any atom is -0.494 e. The van der Waals surface area contributed by atoms with E-state index in [1.165, 1.54) is 0 Å². The summed E-state index contributed by atoms with van der Waals surface area (Å²) in [6.45, 7) is 19.0. The maximum atomic E-state index is 13.4. The van der Waals surface area contributed by atoms with Gasteiger partial charge in [-0.3, -0.25) is 24.2 Å². The molecular weight excluding hydrogens is 753 g/mol. The van der Waals surface area contributed by atoms with Gasteiger partial charge in [0.2, 0.25) is 5.91 Å². The zero-order valence-corrected chi connectivity index (χ0v) is 35.0. The van der Waals surface area contributed by atoms with E-state index in [1.54, 1.807) is 18.2 Å². The second-order valence-corrected chi connectivity index (χ2v) is 16.0. The maximum absolute atomic E-state index is 13.4. The van der Waals surface area contributed by atoms with Crippen molar-refractivity contribution in [3.05, 3.63) is 118 Å². The Hall–Kier alpha value is -6.21. The number of piperidine rings is 1. The van der Waals surface area contributed by atoms with Crippen LogP contribution in [-0.2, 0) is 11.3 Å². The van der Waals surface area contributed by atoms with Crippen LogP contribution in [0.4, 0.5) is 5.69 Å².